The van der Waals surface area contributed by atoms with Crippen LogP contribution < -0.4 is 5.32 Å². The molecule has 1 unspecified atom stereocenters. The summed E-state index contributed by atoms with van der Waals surface area (Å²) in [4.78, 5) is 11.6. The molecule has 0 radical (unpaired) electrons. The summed E-state index contributed by atoms with van der Waals surface area (Å²) in [5.74, 6) is 0.126. The second-order valence-electron chi connectivity index (χ2n) is 3.52. The van der Waals surface area contributed by atoms with Crippen LogP contribution in [-0.2, 0) is 0 Å². The summed E-state index contributed by atoms with van der Waals surface area (Å²) in [6.07, 6.45) is 0. The maximum absolute atomic E-state index is 11.6. The smallest absolute Gasteiger partial charge is 0.252 e. The van der Waals surface area contributed by atoms with Gasteiger partial charge >= 0.3 is 0 Å². The maximum Gasteiger partial charge on any atom is 0.252 e. The third-order valence-corrected chi connectivity index (χ3v) is 2.78. The number of carbonyl (C=O) groups is 1. The molecular weight excluding hydrogens is 198 g/mol. The van der Waals surface area contributed by atoms with Crippen molar-refractivity contribution in [1.82, 2.24) is 5.32 Å². The van der Waals surface area contributed by atoms with Crippen molar-refractivity contribution in [2.45, 2.75) is 19.9 Å². The molecule has 1 atom stereocenters. The molecule has 0 aliphatic carbocycles. The van der Waals surface area contributed by atoms with E-state index in [2.05, 4.69) is 5.32 Å². The molecule has 2 N–H and O–H groups in total. The van der Waals surface area contributed by atoms with E-state index in [0.717, 1.165) is 0 Å². The van der Waals surface area contributed by atoms with Gasteiger partial charge in [-0.1, -0.05) is 13.8 Å². The highest BCUT2D eigenvalue weighted by molar-refractivity contribution is 7.08. The molecule has 14 heavy (non-hydrogen) atoms. The fraction of sp³-hybridized carbons (Fsp3) is 0.500. The van der Waals surface area contributed by atoms with E-state index in [9.17, 15) is 4.79 Å². The van der Waals surface area contributed by atoms with Gasteiger partial charge in [-0.3, -0.25) is 4.79 Å². The SMILES string of the molecule is CC(C)C(CO)NC(=O)c1ccsc1. The summed E-state index contributed by atoms with van der Waals surface area (Å²) < 4.78 is 0. The van der Waals surface area contributed by atoms with Crippen molar-refractivity contribution in [2.24, 2.45) is 5.92 Å². The second kappa shape index (κ2) is 5.12. The van der Waals surface area contributed by atoms with Gasteiger partial charge in [-0.15, -0.1) is 0 Å². The van der Waals surface area contributed by atoms with Gasteiger partial charge in [-0.2, -0.15) is 11.3 Å². The van der Waals surface area contributed by atoms with Crippen LogP contribution in [0.5, 0.6) is 0 Å². The highest BCUT2D eigenvalue weighted by Gasteiger charge is 2.15. The minimum absolute atomic E-state index is 0.0203. The number of aliphatic hydroxyl groups is 1. The quantitative estimate of drug-likeness (QED) is 0.796. The number of carbonyl (C=O) groups excluding carboxylic acids is 1. The van der Waals surface area contributed by atoms with Gasteiger partial charge in [0.1, 0.15) is 0 Å². The molecule has 1 aromatic heterocycles. The van der Waals surface area contributed by atoms with E-state index in [1.54, 1.807) is 11.4 Å². The highest BCUT2D eigenvalue weighted by Crippen LogP contribution is 2.07. The summed E-state index contributed by atoms with van der Waals surface area (Å²) in [5, 5.41) is 15.5. The van der Waals surface area contributed by atoms with Crippen LogP contribution in [0.3, 0.4) is 0 Å². The van der Waals surface area contributed by atoms with Crippen LogP contribution in [0.2, 0.25) is 0 Å². The Bertz CT molecular complexity index is 282. The van der Waals surface area contributed by atoms with Crippen LogP contribution in [0.15, 0.2) is 16.8 Å². The van der Waals surface area contributed by atoms with Crippen LogP contribution in [0.1, 0.15) is 24.2 Å². The average molecular weight is 213 g/mol. The number of rotatable bonds is 4. The van der Waals surface area contributed by atoms with Crippen molar-refractivity contribution in [3.8, 4) is 0 Å². The van der Waals surface area contributed by atoms with Crippen LogP contribution in [0, 0.1) is 5.92 Å². The molecule has 0 bridgehead atoms. The predicted octanol–water partition coefficient (Wildman–Crippen LogP) is 1.49. The van der Waals surface area contributed by atoms with E-state index in [-0.39, 0.29) is 24.5 Å². The molecule has 1 heterocycles. The minimum atomic E-state index is -0.164. The molecule has 0 aromatic carbocycles. The number of amides is 1. The Kier molecular flexibility index (Phi) is 4.10. The van der Waals surface area contributed by atoms with Gasteiger partial charge in [0, 0.05) is 10.9 Å². The van der Waals surface area contributed by atoms with Crippen molar-refractivity contribution in [1.29, 1.82) is 0 Å². The molecule has 0 saturated heterocycles. The van der Waals surface area contributed by atoms with Crippen molar-refractivity contribution >= 4 is 17.2 Å². The Morgan fingerprint density at radius 1 is 1.64 bits per heavy atom. The first-order valence-electron chi connectivity index (χ1n) is 4.59. The first kappa shape index (κ1) is 11.2. The Morgan fingerprint density at radius 3 is 2.79 bits per heavy atom. The van der Waals surface area contributed by atoms with Crippen LogP contribution in [0.25, 0.3) is 0 Å². The van der Waals surface area contributed by atoms with Gasteiger partial charge in [0.2, 0.25) is 0 Å². The van der Waals surface area contributed by atoms with Gasteiger partial charge in [-0.05, 0) is 17.4 Å². The lowest BCUT2D eigenvalue weighted by Gasteiger charge is -2.19. The van der Waals surface area contributed by atoms with E-state index >= 15 is 0 Å². The number of nitrogens with one attached hydrogen (secondary N) is 1. The normalized spacial score (nSPS) is 12.9. The molecule has 0 spiro atoms. The molecule has 0 saturated carbocycles. The molecular formula is C10H15NO2S. The van der Waals surface area contributed by atoms with Gasteiger partial charge < -0.3 is 10.4 Å². The van der Waals surface area contributed by atoms with E-state index in [4.69, 9.17) is 5.11 Å². The van der Waals surface area contributed by atoms with Crippen LogP contribution in [-0.4, -0.2) is 23.7 Å². The Hall–Kier alpha value is -0.870. The molecule has 0 aliphatic heterocycles. The van der Waals surface area contributed by atoms with Gasteiger partial charge in [0.15, 0.2) is 0 Å². The molecule has 78 valence electrons. The molecule has 4 heteroatoms. The van der Waals surface area contributed by atoms with E-state index < -0.39 is 0 Å². The standard InChI is InChI=1S/C10H15NO2S/c1-7(2)9(5-12)11-10(13)8-3-4-14-6-8/h3-4,6-7,9,12H,5H2,1-2H3,(H,11,13). The fourth-order valence-electron chi connectivity index (χ4n) is 1.07. The maximum atomic E-state index is 11.6. The van der Waals surface area contributed by atoms with Gasteiger partial charge in [-0.25, -0.2) is 0 Å². The lowest BCUT2D eigenvalue weighted by molar-refractivity contribution is 0.0897. The summed E-state index contributed by atoms with van der Waals surface area (Å²) in [6.45, 7) is 3.91. The van der Waals surface area contributed by atoms with Gasteiger partial charge in [0.05, 0.1) is 12.6 Å². The zero-order valence-corrected chi connectivity index (χ0v) is 9.17. The number of hydrogen-bond acceptors (Lipinski definition) is 3. The van der Waals surface area contributed by atoms with Crippen molar-refractivity contribution in [3.63, 3.8) is 0 Å². The van der Waals surface area contributed by atoms with Crippen molar-refractivity contribution in [2.75, 3.05) is 6.61 Å². The highest BCUT2D eigenvalue weighted by atomic mass is 32.1. The lowest BCUT2D eigenvalue weighted by Crippen LogP contribution is -2.40. The molecule has 3 nitrogen and oxygen atoms in total. The summed E-state index contributed by atoms with van der Waals surface area (Å²) in [5.41, 5.74) is 0.661. The van der Waals surface area contributed by atoms with Crippen LogP contribution in [0.4, 0.5) is 0 Å². The van der Waals surface area contributed by atoms with E-state index in [0.29, 0.717) is 5.56 Å². The molecule has 0 aliphatic rings. The summed E-state index contributed by atoms with van der Waals surface area (Å²) >= 11 is 1.49. The number of aliphatic hydroxyl groups excluding tert-OH is 1. The zero-order valence-electron chi connectivity index (χ0n) is 8.36. The largest absolute Gasteiger partial charge is 0.394 e. The molecule has 1 rings (SSSR count). The Balaban J connectivity index is 2.56. The van der Waals surface area contributed by atoms with Crippen molar-refractivity contribution in [3.05, 3.63) is 22.4 Å². The summed E-state index contributed by atoms with van der Waals surface area (Å²) in [7, 11) is 0. The first-order chi connectivity index (χ1) is 6.65. The predicted molar refractivity (Wildman–Crippen MR) is 57.5 cm³/mol. The Morgan fingerprint density at radius 2 is 2.36 bits per heavy atom. The zero-order chi connectivity index (χ0) is 10.6. The lowest BCUT2D eigenvalue weighted by atomic mass is 10.1. The van der Waals surface area contributed by atoms with E-state index in [1.165, 1.54) is 11.3 Å². The van der Waals surface area contributed by atoms with E-state index in [1.807, 2.05) is 19.2 Å². The molecule has 1 aromatic rings. The number of thiophene rings is 1. The number of hydrogen-bond donors (Lipinski definition) is 2. The third kappa shape index (κ3) is 2.82. The fourth-order valence-corrected chi connectivity index (χ4v) is 1.70. The van der Waals surface area contributed by atoms with Gasteiger partial charge in [0.25, 0.3) is 5.91 Å². The topological polar surface area (TPSA) is 49.3 Å². The molecule has 0 fully saturated rings. The van der Waals surface area contributed by atoms with Crippen LogP contribution >= 0.6 is 11.3 Å². The average Bonchev–Trinajstić information content (AvgIpc) is 2.65. The first-order valence-corrected chi connectivity index (χ1v) is 5.53. The Labute approximate surface area is 87.8 Å². The molecule has 1 amide bonds. The third-order valence-electron chi connectivity index (χ3n) is 2.10. The van der Waals surface area contributed by atoms with Crippen molar-refractivity contribution < 1.29 is 9.90 Å². The monoisotopic (exact) mass is 213 g/mol. The summed E-state index contributed by atoms with van der Waals surface area (Å²) in [6, 6.07) is 1.61. The second-order valence-corrected chi connectivity index (χ2v) is 4.30. The minimum Gasteiger partial charge on any atom is -0.394 e.